The summed E-state index contributed by atoms with van der Waals surface area (Å²) in [5, 5.41) is 10.7. The van der Waals surface area contributed by atoms with Crippen molar-refractivity contribution in [2.45, 2.75) is 6.92 Å². The van der Waals surface area contributed by atoms with Gasteiger partial charge in [-0.3, -0.25) is 0 Å². The van der Waals surface area contributed by atoms with Gasteiger partial charge in [0, 0.05) is 30.4 Å². The molecule has 0 spiro atoms. The lowest BCUT2D eigenvalue weighted by molar-refractivity contribution is 0.390. The van der Waals surface area contributed by atoms with E-state index >= 15 is 0 Å². The number of methoxy groups -OCH3 is 1. The van der Waals surface area contributed by atoms with Crippen LogP contribution in [0, 0.1) is 6.92 Å². The summed E-state index contributed by atoms with van der Waals surface area (Å²) < 4.78 is 6.88. The molecule has 0 aliphatic carbocycles. The molecule has 27 heavy (non-hydrogen) atoms. The fourth-order valence-electron chi connectivity index (χ4n) is 2.73. The lowest BCUT2D eigenvalue weighted by atomic mass is 10.1. The first kappa shape index (κ1) is 16.8. The number of aryl methyl sites for hydroxylation is 1. The van der Waals surface area contributed by atoms with Gasteiger partial charge in [-0.15, -0.1) is 5.10 Å². The van der Waals surface area contributed by atoms with Crippen LogP contribution in [0.1, 0.15) is 5.56 Å². The number of benzene rings is 1. The van der Waals surface area contributed by atoms with Crippen molar-refractivity contribution in [3.63, 3.8) is 0 Å². The molecule has 0 unspecified atom stereocenters. The number of fused-ring (bicyclic) bond motifs is 1. The van der Waals surface area contributed by atoms with Crippen molar-refractivity contribution in [3.05, 3.63) is 54.5 Å². The second-order valence-electron chi connectivity index (χ2n) is 6.00. The highest BCUT2D eigenvalue weighted by atomic mass is 16.5. The second-order valence-corrected chi connectivity index (χ2v) is 6.00. The molecule has 4 rings (SSSR count). The number of anilines is 3. The maximum atomic E-state index is 5.17. The Morgan fingerprint density at radius 3 is 2.70 bits per heavy atom. The zero-order valence-corrected chi connectivity index (χ0v) is 15.3. The van der Waals surface area contributed by atoms with Crippen LogP contribution < -0.4 is 15.4 Å². The minimum atomic E-state index is 0.543. The fraction of sp³-hybridized carbons (Fsp3) is 0.158. The van der Waals surface area contributed by atoms with E-state index in [1.807, 2.05) is 38.4 Å². The van der Waals surface area contributed by atoms with Crippen molar-refractivity contribution in [1.29, 1.82) is 0 Å². The van der Waals surface area contributed by atoms with Crippen molar-refractivity contribution in [1.82, 2.24) is 24.6 Å². The molecule has 0 fully saturated rings. The van der Waals surface area contributed by atoms with Gasteiger partial charge in [0.25, 0.3) is 0 Å². The minimum Gasteiger partial charge on any atom is -0.480 e. The Kier molecular flexibility index (Phi) is 4.29. The van der Waals surface area contributed by atoms with Crippen LogP contribution in [-0.4, -0.2) is 38.7 Å². The van der Waals surface area contributed by atoms with Crippen LogP contribution in [0.5, 0.6) is 5.88 Å². The molecule has 0 saturated heterocycles. The molecule has 0 radical (unpaired) electrons. The predicted octanol–water partition coefficient (Wildman–Crippen LogP) is 3.29. The van der Waals surface area contributed by atoms with E-state index in [0.717, 1.165) is 39.8 Å². The third-order valence-electron chi connectivity index (χ3n) is 4.22. The number of nitrogens with one attached hydrogen (secondary N) is 2. The van der Waals surface area contributed by atoms with E-state index < -0.39 is 0 Å². The maximum absolute atomic E-state index is 5.17. The van der Waals surface area contributed by atoms with E-state index in [9.17, 15) is 0 Å². The third kappa shape index (κ3) is 3.37. The Labute approximate surface area is 156 Å². The number of nitrogens with zero attached hydrogens (tertiary/aromatic N) is 5. The number of aromatic nitrogens is 5. The van der Waals surface area contributed by atoms with Gasteiger partial charge >= 0.3 is 0 Å². The van der Waals surface area contributed by atoms with Gasteiger partial charge in [0.2, 0.25) is 5.88 Å². The normalized spacial score (nSPS) is 10.8. The molecule has 0 saturated carbocycles. The van der Waals surface area contributed by atoms with E-state index in [1.165, 1.54) is 6.33 Å². The number of hydrogen-bond donors (Lipinski definition) is 2. The van der Waals surface area contributed by atoms with Crippen LogP contribution in [0.2, 0.25) is 0 Å². The number of rotatable bonds is 5. The predicted molar refractivity (Wildman–Crippen MR) is 105 cm³/mol. The monoisotopic (exact) mass is 361 g/mol. The largest absolute Gasteiger partial charge is 0.480 e. The molecule has 0 aliphatic rings. The van der Waals surface area contributed by atoms with Crippen LogP contribution >= 0.6 is 0 Å². The van der Waals surface area contributed by atoms with Crippen molar-refractivity contribution in [2.24, 2.45) is 0 Å². The Morgan fingerprint density at radius 1 is 1.04 bits per heavy atom. The van der Waals surface area contributed by atoms with E-state index in [0.29, 0.717) is 5.88 Å². The Hall–Kier alpha value is -3.68. The first-order chi connectivity index (χ1) is 13.2. The lowest BCUT2D eigenvalue weighted by Crippen LogP contribution is -1.99. The third-order valence-corrected chi connectivity index (χ3v) is 4.22. The highest BCUT2D eigenvalue weighted by Crippen LogP contribution is 2.27. The maximum Gasteiger partial charge on any atom is 0.231 e. The molecule has 0 bridgehead atoms. The second kappa shape index (κ2) is 6.91. The zero-order chi connectivity index (χ0) is 18.8. The van der Waals surface area contributed by atoms with Gasteiger partial charge < -0.3 is 15.4 Å². The summed E-state index contributed by atoms with van der Waals surface area (Å²) in [4.78, 5) is 13.1. The summed E-state index contributed by atoms with van der Waals surface area (Å²) in [5.41, 5.74) is 4.63. The average molecular weight is 361 g/mol. The van der Waals surface area contributed by atoms with Gasteiger partial charge in [0.15, 0.2) is 5.65 Å². The highest BCUT2D eigenvalue weighted by Gasteiger charge is 2.09. The highest BCUT2D eigenvalue weighted by molar-refractivity contribution is 5.72. The van der Waals surface area contributed by atoms with E-state index in [-0.39, 0.29) is 0 Å². The molecule has 1 aromatic carbocycles. The van der Waals surface area contributed by atoms with Crippen molar-refractivity contribution in [2.75, 3.05) is 24.8 Å². The van der Waals surface area contributed by atoms with Crippen LogP contribution in [-0.2, 0) is 0 Å². The molecule has 4 aromatic rings. The van der Waals surface area contributed by atoms with Crippen molar-refractivity contribution in [3.8, 4) is 17.1 Å². The van der Waals surface area contributed by atoms with E-state index in [1.54, 1.807) is 17.7 Å². The van der Waals surface area contributed by atoms with Gasteiger partial charge in [-0.1, -0.05) is 12.1 Å². The SMILES string of the molecule is CNc1cc(Nc2cc(-c3cn4nc(OC)ccc4n3)ccc2C)ncn1. The van der Waals surface area contributed by atoms with E-state index in [2.05, 4.69) is 42.8 Å². The topological polar surface area (TPSA) is 89.3 Å². The number of hydrogen-bond acceptors (Lipinski definition) is 7. The molecule has 136 valence electrons. The van der Waals surface area contributed by atoms with Gasteiger partial charge in [-0.2, -0.15) is 0 Å². The zero-order valence-electron chi connectivity index (χ0n) is 15.3. The van der Waals surface area contributed by atoms with Crippen LogP contribution in [0.25, 0.3) is 16.9 Å². The van der Waals surface area contributed by atoms with Gasteiger partial charge in [0.05, 0.1) is 19.0 Å². The summed E-state index contributed by atoms with van der Waals surface area (Å²) in [6, 6.07) is 11.7. The Morgan fingerprint density at radius 2 is 1.89 bits per heavy atom. The Bertz CT molecular complexity index is 1110. The van der Waals surface area contributed by atoms with Crippen molar-refractivity contribution < 1.29 is 4.74 Å². The summed E-state index contributed by atoms with van der Waals surface area (Å²) in [6.45, 7) is 2.04. The first-order valence-corrected chi connectivity index (χ1v) is 8.44. The summed E-state index contributed by atoms with van der Waals surface area (Å²) in [5.74, 6) is 2.01. The first-order valence-electron chi connectivity index (χ1n) is 8.44. The average Bonchev–Trinajstić information content (AvgIpc) is 3.13. The molecule has 0 atom stereocenters. The van der Waals surface area contributed by atoms with Crippen LogP contribution in [0.4, 0.5) is 17.3 Å². The molecule has 8 nitrogen and oxygen atoms in total. The quantitative estimate of drug-likeness (QED) is 0.564. The summed E-state index contributed by atoms with van der Waals surface area (Å²) >= 11 is 0. The molecule has 0 amide bonds. The van der Waals surface area contributed by atoms with Gasteiger partial charge in [-0.25, -0.2) is 19.5 Å². The molecule has 0 aliphatic heterocycles. The van der Waals surface area contributed by atoms with Gasteiger partial charge in [-0.05, 0) is 24.6 Å². The standard InChI is InChI=1S/C19H19N7O/c1-12-4-5-13(8-14(12)23-17-9-16(20-2)21-11-22-17)15-10-26-18(24-15)6-7-19(25-26)27-3/h4-11H,1-3H3,(H2,20,21,22,23). The fourth-order valence-corrected chi connectivity index (χ4v) is 2.73. The molecule has 8 heteroatoms. The van der Waals surface area contributed by atoms with E-state index in [4.69, 9.17) is 4.74 Å². The summed E-state index contributed by atoms with van der Waals surface area (Å²) in [7, 11) is 3.42. The lowest BCUT2D eigenvalue weighted by Gasteiger charge is -2.11. The summed E-state index contributed by atoms with van der Waals surface area (Å²) in [6.07, 6.45) is 3.41. The molecular weight excluding hydrogens is 342 g/mol. The van der Waals surface area contributed by atoms with Crippen LogP contribution in [0.15, 0.2) is 48.9 Å². The molecule has 3 heterocycles. The minimum absolute atomic E-state index is 0.543. The van der Waals surface area contributed by atoms with Gasteiger partial charge in [0.1, 0.15) is 18.0 Å². The molecule has 2 N–H and O–H groups in total. The Balaban J connectivity index is 1.69. The number of ether oxygens (including phenoxy) is 1. The smallest absolute Gasteiger partial charge is 0.231 e. The molecule has 3 aromatic heterocycles. The molecular formula is C19H19N7O. The number of imidazole rings is 1. The van der Waals surface area contributed by atoms with Crippen molar-refractivity contribution >= 4 is 23.0 Å². The van der Waals surface area contributed by atoms with Crippen LogP contribution in [0.3, 0.4) is 0 Å².